The van der Waals surface area contributed by atoms with E-state index in [9.17, 15) is 12.8 Å². The molecule has 0 aliphatic heterocycles. The van der Waals surface area contributed by atoms with E-state index in [4.69, 9.17) is 16.6 Å². The first kappa shape index (κ1) is 25.8. The number of hydrogen-bond acceptors (Lipinski definition) is 6. The number of allylic oxidation sites excluding steroid dienone is 1. The number of aromatic nitrogens is 3. The van der Waals surface area contributed by atoms with Gasteiger partial charge in [-0.15, -0.1) is 0 Å². The number of nitrogens with zero attached hydrogens (tertiary/aromatic N) is 3. The van der Waals surface area contributed by atoms with E-state index in [1.165, 1.54) is 24.3 Å². The van der Waals surface area contributed by atoms with Gasteiger partial charge in [-0.1, -0.05) is 24.3 Å². The summed E-state index contributed by atoms with van der Waals surface area (Å²) in [7, 11) is -4.34. The lowest BCUT2D eigenvalue weighted by Gasteiger charge is -2.20. The van der Waals surface area contributed by atoms with E-state index < -0.39 is 26.6 Å². The van der Waals surface area contributed by atoms with Gasteiger partial charge in [0.25, 0.3) is 10.0 Å². The van der Waals surface area contributed by atoms with Crippen LogP contribution in [0.5, 0.6) is 0 Å². The first-order chi connectivity index (χ1) is 18.1. The van der Waals surface area contributed by atoms with Crippen LogP contribution < -0.4 is 16.2 Å². The Bertz CT molecular complexity index is 1680. The van der Waals surface area contributed by atoms with Crippen LogP contribution in [0.1, 0.15) is 44.7 Å². The first-order valence-electron chi connectivity index (χ1n) is 12.3. The molecule has 5 rings (SSSR count). The Balaban J connectivity index is 1.60. The summed E-state index contributed by atoms with van der Waals surface area (Å²) in [6, 6.07) is 8.98. The predicted molar refractivity (Wildman–Crippen MR) is 145 cm³/mol. The van der Waals surface area contributed by atoms with Crippen molar-refractivity contribution in [2.45, 2.75) is 50.1 Å². The van der Waals surface area contributed by atoms with Crippen LogP contribution in [0.25, 0.3) is 27.7 Å². The molecule has 198 valence electrons. The summed E-state index contributed by atoms with van der Waals surface area (Å²) in [5, 5.41) is 5.37. The van der Waals surface area contributed by atoms with E-state index in [2.05, 4.69) is 15.8 Å². The number of hydrogen-bond donors (Lipinski definition) is 3. The molecule has 1 unspecified atom stereocenters. The largest absolute Gasteiger partial charge is 0.383 e. The second kappa shape index (κ2) is 9.80. The maximum atomic E-state index is 15.2. The van der Waals surface area contributed by atoms with Crippen LogP contribution in [-0.4, -0.2) is 29.2 Å². The van der Waals surface area contributed by atoms with Gasteiger partial charge in [0, 0.05) is 29.4 Å². The number of pyridine rings is 1. The molecule has 0 radical (unpaired) electrons. The Morgan fingerprint density at radius 2 is 1.89 bits per heavy atom. The molecule has 0 bridgehead atoms. The van der Waals surface area contributed by atoms with E-state index >= 15 is 4.39 Å². The first-order valence-corrected chi connectivity index (χ1v) is 13.7. The van der Waals surface area contributed by atoms with Crippen molar-refractivity contribution in [3.8, 4) is 11.3 Å². The zero-order valence-corrected chi connectivity index (χ0v) is 21.8. The Morgan fingerprint density at radius 3 is 2.55 bits per heavy atom. The Kier molecular flexibility index (Phi) is 6.66. The van der Waals surface area contributed by atoms with Gasteiger partial charge in [0.2, 0.25) is 0 Å². The highest BCUT2D eigenvalue weighted by Crippen LogP contribution is 2.39. The highest BCUT2D eigenvalue weighted by atomic mass is 32.2. The Morgan fingerprint density at radius 1 is 1.13 bits per heavy atom. The van der Waals surface area contributed by atoms with Crippen LogP contribution in [0.2, 0.25) is 0 Å². The van der Waals surface area contributed by atoms with Crippen molar-refractivity contribution in [2.24, 2.45) is 5.73 Å². The highest BCUT2D eigenvalue weighted by Gasteiger charge is 2.25. The zero-order valence-electron chi connectivity index (χ0n) is 20.9. The van der Waals surface area contributed by atoms with Gasteiger partial charge in [0.15, 0.2) is 0 Å². The lowest BCUT2D eigenvalue weighted by atomic mass is 9.90. The van der Waals surface area contributed by atoms with Crippen LogP contribution in [0.4, 0.5) is 20.3 Å². The molecule has 2 aromatic carbocycles. The van der Waals surface area contributed by atoms with E-state index in [1.807, 2.05) is 18.5 Å². The van der Waals surface area contributed by atoms with Crippen LogP contribution in [0, 0.1) is 11.6 Å². The molecule has 0 saturated carbocycles. The number of benzene rings is 2. The van der Waals surface area contributed by atoms with Gasteiger partial charge < -0.3 is 11.5 Å². The zero-order chi connectivity index (χ0) is 27.2. The highest BCUT2D eigenvalue weighted by molar-refractivity contribution is 7.92. The van der Waals surface area contributed by atoms with Gasteiger partial charge in [0.1, 0.15) is 28.0 Å². The minimum Gasteiger partial charge on any atom is -0.383 e. The second-order valence-corrected chi connectivity index (χ2v) is 11.3. The van der Waals surface area contributed by atoms with Crippen molar-refractivity contribution in [3.63, 3.8) is 0 Å². The third-order valence-corrected chi connectivity index (χ3v) is 8.05. The maximum Gasteiger partial charge on any atom is 0.264 e. The molecule has 2 heterocycles. The summed E-state index contributed by atoms with van der Waals surface area (Å²) in [5.74, 6) is -1.53. The van der Waals surface area contributed by atoms with Gasteiger partial charge in [0.05, 0.1) is 16.6 Å². The molecule has 11 heteroatoms. The lowest BCUT2D eigenvalue weighted by molar-refractivity contribution is 0.551. The van der Waals surface area contributed by atoms with Crippen molar-refractivity contribution in [3.05, 3.63) is 71.9 Å². The van der Waals surface area contributed by atoms with Crippen molar-refractivity contribution in [2.75, 3.05) is 10.5 Å². The number of anilines is 2. The predicted octanol–water partition coefficient (Wildman–Crippen LogP) is 5.24. The third kappa shape index (κ3) is 4.63. The summed E-state index contributed by atoms with van der Waals surface area (Å²) in [5.41, 5.74) is 15.7. The number of fused-ring (bicyclic) bond motifs is 1. The van der Waals surface area contributed by atoms with Gasteiger partial charge in [-0.3, -0.25) is 9.40 Å². The number of rotatable bonds is 6. The standard InChI is InChI=1S/C27H28F2N6O2S/c1-15(2)35-26-19(16-7-10-18(30)11-8-16)14-32-27(31)24(26)25(33-35)17-9-12-22(21(29)13-17)34-38(36,37)23-6-4-3-5-20(23)28/h3-7,9,12-15,18,34H,8,10-11,30H2,1-2H3,(H2,31,32). The molecular formula is C27H28F2N6O2S. The molecular weight excluding hydrogens is 510 g/mol. The van der Waals surface area contributed by atoms with E-state index in [-0.39, 0.29) is 23.6 Å². The molecule has 2 aromatic heterocycles. The maximum absolute atomic E-state index is 15.2. The van der Waals surface area contributed by atoms with Crippen LogP contribution in [-0.2, 0) is 10.0 Å². The van der Waals surface area contributed by atoms with Crippen molar-refractivity contribution in [1.29, 1.82) is 0 Å². The number of sulfonamides is 1. The van der Waals surface area contributed by atoms with E-state index in [1.54, 1.807) is 12.3 Å². The molecule has 1 aliphatic rings. The summed E-state index contributed by atoms with van der Waals surface area (Å²) in [6.45, 7) is 3.98. The molecule has 4 aromatic rings. The minimum absolute atomic E-state index is 0.0325. The molecule has 8 nitrogen and oxygen atoms in total. The molecule has 0 amide bonds. The number of nitrogens with one attached hydrogen (secondary N) is 1. The Hall–Kier alpha value is -3.83. The van der Waals surface area contributed by atoms with Crippen molar-refractivity contribution < 1.29 is 17.2 Å². The van der Waals surface area contributed by atoms with Gasteiger partial charge >= 0.3 is 0 Å². The molecule has 0 fully saturated rings. The lowest BCUT2D eigenvalue weighted by Crippen LogP contribution is -2.21. The van der Waals surface area contributed by atoms with Gasteiger partial charge in [-0.05, 0) is 62.9 Å². The molecule has 5 N–H and O–H groups in total. The van der Waals surface area contributed by atoms with Gasteiger partial charge in [-0.25, -0.2) is 22.2 Å². The molecule has 0 spiro atoms. The average molecular weight is 539 g/mol. The average Bonchev–Trinajstić information content (AvgIpc) is 3.28. The SMILES string of the molecule is CC(C)n1nc(-c2ccc(NS(=O)(=O)c3ccccc3F)c(F)c2)c2c(N)ncc(C3=CCC(N)CC3)c21. The fourth-order valence-electron chi connectivity index (χ4n) is 4.71. The van der Waals surface area contributed by atoms with Crippen LogP contribution in [0.3, 0.4) is 0 Å². The summed E-state index contributed by atoms with van der Waals surface area (Å²) in [4.78, 5) is 3.85. The van der Waals surface area contributed by atoms with Crippen LogP contribution in [0.15, 0.2) is 59.6 Å². The van der Waals surface area contributed by atoms with E-state index in [0.717, 1.165) is 48.0 Å². The summed E-state index contributed by atoms with van der Waals surface area (Å²) >= 11 is 0. The fraction of sp³-hybridized carbons (Fsp3) is 0.259. The molecule has 1 aliphatic carbocycles. The van der Waals surface area contributed by atoms with Crippen LogP contribution >= 0.6 is 0 Å². The van der Waals surface area contributed by atoms with Crippen molar-refractivity contribution in [1.82, 2.24) is 14.8 Å². The van der Waals surface area contributed by atoms with E-state index in [0.29, 0.717) is 16.6 Å². The Labute approximate surface area is 219 Å². The quantitative estimate of drug-likeness (QED) is 0.308. The number of nitrogen functional groups attached to an aromatic ring is 1. The topological polar surface area (TPSA) is 129 Å². The van der Waals surface area contributed by atoms with Crippen molar-refractivity contribution >= 4 is 38.0 Å². The van der Waals surface area contributed by atoms with Gasteiger partial charge in [-0.2, -0.15) is 5.10 Å². The summed E-state index contributed by atoms with van der Waals surface area (Å²) in [6.07, 6.45) is 6.28. The molecule has 38 heavy (non-hydrogen) atoms. The molecule has 0 saturated heterocycles. The third-order valence-electron chi connectivity index (χ3n) is 6.65. The smallest absolute Gasteiger partial charge is 0.264 e. The monoisotopic (exact) mass is 538 g/mol. The number of halogens is 2. The summed E-state index contributed by atoms with van der Waals surface area (Å²) < 4.78 is 58.6. The normalized spacial score (nSPS) is 16.2. The molecule has 1 atom stereocenters. The number of nitrogens with two attached hydrogens (primary N) is 2. The second-order valence-electron chi connectivity index (χ2n) is 9.66. The minimum atomic E-state index is -4.34. The fourth-order valence-corrected chi connectivity index (χ4v) is 5.86.